The van der Waals surface area contributed by atoms with Gasteiger partial charge in [-0.3, -0.25) is 0 Å². The lowest BCUT2D eigenvalue weighted by molar-refractivity contribution is -0.150. The van der Waals surface area contributed by atoms with Gasteiger partial charge in [0.15, 0.2) is 6.10 Å². The van der Waals surface area contributed by atoms with E-state index in [2.05, 4.69) is 0 Å². The summed E-state index contributed by atoms with van der Waals surface area (Å²) in [6.45, 7) is 13.4. The van der Waals surface area contributed by atoms with Gasteiger partial charge in [-0.15, -0.1) is 0 Å². The molecule has 2 rings (SSSR count). The Bertz CT molecular complexity index is 661. The van der Waals surface area contributed by atoms with Gasteiger partial charge in [-0.05, 0) is 33.8 Å². The maximum absolute atomic E-state index is 11.5. The van der Waals surface area contributed by atoms with Crippen LogP contribution in [-0.4, -0.2) is 42.6 Å². The Labute approximate surface area is 155 Å². The van der Waals surface area contributed by atoms with E-state index < -0.39 is 35.8 Å². The van der Waals surface area contributed by atoms with Crippen molar-refractivity contribution in [3.05, 3.63) is 18.2 Å². The minimum atomic E-state index is -1.01. The zero-order chi connectivity index (χ0) is 19.9. The molecule has 0 radical (unpaired) electrons. The Balaban J connectivity index is 2.30. The van der Waals surface area contributed by atoms with E-state index in [1.807, 2.05) is 48.5 Å². The Hall–Kier alpha value is -1.73. The fraction of sp³-hybridized carbons (Fsp3) is 0.632. The number of benzene rings is 1. The van der Waals surface area contributed by atoms with E-state index in [9.17, 15) is 9.90 Å². The van der Waals surface area contributed by atoms with Crippen molar-refractivity contribution in [2.45, 2.75) is 65.8 Å². The summed E-state index contributed by atoms with van der Waals surface area (Å²) in [6.07, 6.45) is -0.977. The second-order valence-electron chi connectivity index (χ2n) is 8.69. The van der Waals surface area contributed by atoms with Gasteiger partial charge >= 0.3 is 13.1 Å². The third-order valence-electron chi connectivity index (χ3n) is 4.98. The molecule has 0 aromatic heterocycles. The quantitative estimate of drug-likeness (QED) is 0.810. The minimum absolute atomic E-state index is 0.421. The summed E-state index contributed by atoms with van der Waals surface area (Å²) >= 11 is 0. The highest BCUT2D eigenvalue weighted by Gasteiger charge is 2.52. The molecule has 0 amide bonds. The summed E-state index contributed by atoms with van der Waals surface area (Å²) in [6, 6.07) is 5.17. The summed E-state index contributed by atoms with van der Waals surface area (Å²) in [5.74, 6) is -0.0602. The van der Waals surface area contributed by atoms with Crippen LogP contribution in [0.3, 0.4) is 0 Å². The first-order valence-electron chi connectivity index (χ1n) is 8.71. The van der Waals surface area contributed by atoms with Crippen LogP contribution in [0.2, 0.25) is 0 Å². The Morgan fingerprint density at radius 1 is 1.15 bits per heavy atom. The predicted molar refractivity (Wildman–Crippen MR) is 100 cm³/mol. The molecule has 1 N–H and O–H groups in total. The number of carboxylic acids is 1. The highest BCUT2D eigenvalue weighted by atomic mass is 16.7. The molecule has 1 unspecified atom stereocenters. The highest BCUT2D eigenvalue weighted by molar-refractivity contribution is 6.63. The molecule has 7 heteroatoms. The number of carboxylic acid groups (broad SMARTS) is 1. The summed E-state index contributed by atoms with van der Waals surface area (Å²) in [4.78, 5) is 11.5. The number of aliphatic carboxylic acids is 1. The average molecular weight is 364 g/mol. The van der Waals surface area contributed by atoms with Crippen molar-refractivity contribution in [2.75, 3.05) is 7.11 Å². The lowest BCUT2D eigenvalue weighted by atomic mass is 9.78. The smallest absolute Gasteiger partial charge is 0.497 e. The van der Waals surface area contributed by atoms with Crippen LogP contribution in [0.5, 0.6) is 11.5 Å². The molecule has 1 heterocycles. The van der Waals surface area contributed by atoms with E-state index in [4.69, 9.17) is 18.8 Å². The van der Waals surface area contributed by atoms with Gasteiger partial charge in [0.05, 0.1) is 18.3 Å². The molecule has 1 saturated heterocycles. The third-order valence-corrected chi connectivity index (χ3v) is 4.98. The van der Waals surface area contributed by atoms with Crippen LogP contribution in [0.1, 0.15) is 48.5 Å². The van der Waals surface area contributed by atoms with E-state index in [0.717, 1.165) is 5.46 Å². The highest BCUT2D eigenvalue weighted by Crippen LogP contribution is 2.37. The normalized spacial score (nSPS) is 19.9. The topological polar surface area (TPSA) is 74.2 Å². The van der Waals surface area contributed by atoms with Crippen LogP contribution in [0.4, 0.5) is 0 Å². The Kier molecular flexibility index (Phi) is 5.37. The van der Waals surface area contributed by atoms with Crippen LogP contribution < -0.4 is 14.9 Å². The Morgan fingerprint density at radius 3 is 2.12 bits per heavy atom. The van der Waals surface area contributed by atoms with Crippen molar-refractivity contribution in [1.29, 1.82) is 0 Å². The summed E-state index contributed by atoms with van der Waals surface area (Å²) < 4.78 is 23.3. The van der Waals surface area contributed by atoms with Crippen LogP contribution in [0.15, 0.2) is 18.2 Å². The van der Waals surface area contributed by atoms with E-state index in [-0.39, 0.29) is 0 Å². The van der Waals surface area contributed by atoms with Gasteiger partial charge in [0.1, 0.15) is 11.5 Å². The molecule has 0 saturated carbocycles. The first-order valence-corrected chi connectivity index (χ1v) is 8.71. The molecule has 1 aliphatic rings. The van der Waals surface area contributed by atoms with Crippen molar-refractivity contribution in [3.63, 3.8) is 0 Å². The van der Waals surface area contributed by atoms with Gasteiger partial charge in [-0.25, -0.2) is 4.79 Å². The van der Waals surface area contributed by atoms with Gasteiger partial charge < -0.3 is 23.9 Å². The van der Waals surface area contributed by atoms with Crippen molar-refractivity contribution < 1.29 is 28.7 Å². The summed E-state index contributed by atoms with van der Waals surface area (Å²) in [7, 11) is 0.980. The molecular formula is C19H29BO6. The maximum Gasteiger partial charge on any atom is 0.498 e. The average Bonchev–Trinajstić information content (AvgIpc) is 2.71. The van der Waals surface area contributed by atoms with Crippen molar-refractivity contribution >= 4 is 18.6 Å². The molecule has 0 bridgehead atoms. The van der Waals surface area contributed by atoms with Gasteiger partial charge in [0, 0.05) is 16.9 Å². The number of methoxy groups -OCH3 is 1. The number of ether oxygens (including phenoxy) is 2. The zero-order valence-corrected chi connectivity index (χ0v) is 16.9. The van der Waals surface area contributed by atoms with Crippen LogP contribution in [0, 0.1) is 5.41 Å². The standard InChI is InChI=1S/C19H29BO6/c1-17(2,3)15(16(21)22)24-12-9-10-13(14(11-12)23-8)20-25-18(4,5)19(6,7)26-20/h9-11,15H,1-8H3,(H,21,22). The number of carbonyl (C=O) groups is 1. The molecule has 144 valence electrons. The van der Waals surface area contributed by atoms with Crippen molar-refractivity contribution in [2.24, 2.45) is 5.41 Å². The van der Waals surface area contributed by atoms with E-state index in [1.54, 1.807) is 25.3 Å². The fourth-order valence-electron chi connectivity index (χ4n) is 2.66. The maximum atomic E-state index is 11.5. The zero-order valence-electron chi connectivity index (χ0n) is 16.9. The van der Waals surface area contributed by atoms with Crippen LogP contribution in [-0.2, 0) is 14.1 Å². The monoisotopic (exact) mass is 364 g/mol. The molecular weight excluding hydrogens is 335 g/mol. The Morgan fingerprint density at radius 2 is 1.69 bits per heavy atom. The molecule has 0 aliphatic carbocycles. The van der Waals surface area contributed by atoms with Crippen LogP contribution in [0.25, 0.3) is 0 Å². The molecule has 0 spiro atoms. The third kappa shape index (κ3) is 3.99. The first kappa shape index (κ1) is 20.6. The SMILES string of the molecule is COc1cc(OC(C(=O)O)C(C)(C)C)ccc1B1OC(C)(C)C(C)(C)O1. The second-order valence-corrected chi connectivity index (χ2v) is 8.69. The minimum Gasteiger partial charge on any atom is -0.497 e. The van der Waals surface area contributed by atoms with Crippen molar-refractivity contribution in [3.8, 4) is 11.5 Å². The molecule has 1 aromatic rings. The van der Waals surface area contributed by atoms with E-state index in [0.29, 0.717) is 11.5 Å². The van der Waals surface area contributed by atoms with E-state index in [1.165, 1.54) is 0 Å². The fourth-order valence-corrected chi connectivity index (χ4v) is 2.66. The number of hydrogen-bond acceptors (Lipinski definition) is 5. The summed E-state index contributed by atoms with van der Waals surface area (Å²) in [5.41, 5.74) is -0.735. The molecule has 1 atom stereocenters. The molecule has 1 aliphatic heterocycles. The lowest BCUT2D eigenvalue weighted by Gasteiger charge is -2.32. The van der Waals surface area contributed by atoms with Crippen molar-refractivity contribution in [1.82, 2.24) is 0 Å². The number of rotatable bonds is 5. The molecule has 26 heavy (non-hydrogen) atoms. The molecule has 6 nitrogen and oxygen atoms in total. The number of hydrogen-bond donors (Lipinski definition) is 1. The molecule has 1 fully saturated rings. The molecule has 1 aromatic carbocycles. The van der Waals surface area contributed by atoms with E-state index >= 15 is 0 Å². The largest absolute Gasteiger partial charge is 0.498 e. The van der Waals surface area contributed by atoms with Crippen LogP contribution >= 0.6 is 0 Å². The van der Waals surface area contributed by atoms with Gasteiger partial charge in [-0.1, -0.05) is 26.8 Å². The second kappa shape index (κ2) is 6.78. The first-order chi connectivity index (χ1) is 11.8. The van der Waals surface area contributed by atoms with Gasteiger partial charge in [-0.2, -0.15) is 0 Å². The van der Waals surface area contributed by atoms with Gasteiger partial charge in [0.2, 0.25) is 0 Å². The predicted octanol–water partition coefficient (Wildman–Crippen LogP) is 2.87. The van der Waals surface area contributed by atoms with Gasteiger partial charge in [0.25, 0.3) is 0 Å². The lowest BCUT2D eigenvalue weighted by Crippen LogP contribution is -2.41. The summed E-state index contributed by atoms with van der Waals surface area (Å²) in [5, 5.41) is 9.44.